The minimum atomic E-state index is 0.963. The minimum Gasteiger partial charge on any atom is -0.362 e. The van der Waals surface area contributed by atoms with Gasteiger partial charge < -0.3 is 5.32 Å². The third-order valence-electron chi connectivity index (χ3n) is 2.81. The van der Waals surface area contributed by atoms with Crippen molar-refractivity contribution in [3.8, 4) is 21.1 Å². The summed E-state index contributed by atoms with van der Waals surface area (Å²) in [5.41, 5.74) is 2.16. The first kappa shape index (κ1) is 13.3. The Morgan fingerprint density at radius 3 is 2.85 bits per heavy atom. The van der Waals surface area contributed by atoms with E-state index in [1.807, 2.05) is 24.4 Å². The summed E-state index contributed by atoms with van der Waals surface area (Å²) in [7, 11) is 0. The fraction of sp³-hybridized carbons (Fsp3) is 0.200. The summed E-state index contributed by atoms with van der Waals surface area (Å²) < 4.78 is 0. The van der Waals surface area contributed by atoms with Crippen molar-refractivity contribution in [1.29, 1.82) is 0 Å². The lowest BCUT2D eigenvalue weighted by molar-refractivity contribution is 0.976. The van der Waals surface area contributed by atoms with Crippen molar-refractivity contribution in [2.45, 2.75) is 13.3 Å². The van der Waals surface area contributed by atoms with Crippen molar-refractivity contribution in [3.63, 3.8) is 0 Å². The van der Waals surface area contributed by atoms with Gasteiger partial charge >= 0.3 is 0 Å². The van der Waals surface area contributed by atoms with Crippen LogP contribution in [0.1, 0.15) is 13.3 Å². The number of benzene rings is 1. The van der Waals surface area contributed by atoms with Crippen molar-refractivity contribution >= 4 is 27.8 Å². The Hall–Kier alpha value is -1.72. The molecular weight excluding hydrogens is 286 g/mol. The summed E-state index contributed by atoms with van der Waals surface area (Å²) in [6.45, 7) is 3.11. The molecule has 3 rings (SSSR count). The van der Waals surface area contributed by atoms with Crippen molar-refractivity contribution in [2.75, 3.05) is 11.9 Å². The first-order chi connectivity index (χ1) is 9.86. The van der Waals surface area contributed by atoms with Crippen LogP contribution in [-0.2, 0) is 0 Å². The average Bonchev–Trinajstić information content (AvgIpc) is 3.15. The lowest BCUT2D eigenvalue weighted by atomic mass is 10.2. The highest BCUT2D eigenvalue weighted by Crippen LogP contribution is 2.33. The van der Waals surface area contributed by atoms with Crippen molar-refractivity contribution in [1.82, 2.24) is 9.97 Å². The first-order valence-corrected chi connectivity index (χ1v) is 8.27. The molecule has 0 saturated heterocycles. The molecular formula is C15H15N3S2. The van der Waals surface area contributed by atoms with E-state index in [-0.39, 0.29) is 0 Å². The fourth-order valence-corrected chi connectivity index (χ4v) is 3.50. The zero-order chi connectivity index (χ0) is 13.8. The summed E-state index contributed by atoms with van der Waals surface area (Å²) in [6, 6.07) is 10.2. The molecule has 3 aromatic rings. The van der Waals surface area contributed by atoms with Gasteiger partial charge in [0.15, 0.2) is 5.13 Å². The fourth-order valence-electron chi connectivity index (χ4n) is 1.81. The predicted molar refractivity (Wildman–Crippen MR) is 87.4 cm³/mol. The predicted octanol–water partition coefficient (Wildman–Crippen LogP) is 4.76. The van der Waals surface area contributed by atoms with Gasteiger partial charge in [-0.15, -0.1) is 22.7 Å². The first-order valence-electron chi connectivity index (χ1n) is 6.58. The molecule has 0 bridgehead atoms. The van der Waals surface area contributed by atoms with Gasteiger partial charge in [-0.2, -0.15) is 0 Å². The van der Waals surface area contributed by atoms with Crippen LogP contribution in [0.4, 0.5) is 5.13 Å². The maximum atomic E-state index is 4.60. The topological polar surface area (TPSA) is 37.8 Å². The summed E-state index contributed by atoms with van der Waals surface area (Å²) >= 11 is 3.33. The van der Waals surface area contributed by atoms with Crippen molar-refractivity contribution in [3.05, 3.63) is 41.9 Å². The summed E-state index contributed by atoms with van der Waals surface area (Å²) in [5, 5.41) is 7.42. The Balaban J connectivity index is 1.81. The Morgan fingerprint density at radius 2 is 2.05 bits per heavy atom. The quantitative estimate of drug-likeness (QED) is 0.738. The van der Waals surface area contributed by atoms with Gasteiger partial charge in [-0.05, 0) is 6.42 Å². The van der Waals surface area contributed by atoms with E-state index in [0.29, 0.717) is 0 Å². The average molecular weight is 301 g/mol. The second kappa shape index (κ2) is 6.15. The molecule has 0 amide bonds. The molecule has 102 valence electrons. The molecule has 1 aromatic carbocycles. The normalized spacial score (nSPS) is 10.7. The standard InChI is InChI=1S/C15H15N3S2/c1-2-8-16-15-18-12(10-19-15)13-9-17-14(20-13)11-6-4-3-5-7-11/h3-7,9-10H,2,8H2,1H3,(H,16,18). The Kier molecular flexibility index (Phi) is 4.08. The highest BCUT2D eigenvalue weighted by atomic mass is 32.1. The van der Waals surface area contributed by atoms with E-state index in [0.717, 1.165) is 39.2 Å². The lowest BCUT2D eigenvalue weighted by Gasteiger charge is -1.96. The van der Waals surface area contributed by atoms with Crippen LogP contribution in [0.25, 0.3) is 21.1 Å². The largest absolute Gasteiger partial charge is 0.362 e. The van der Waals surface area contributed by atoms with Crippen molar-refractivity contribution < 1.29 is 0 Å². The lowest BCUT2D eigenvalue weighted by Crippen LogP contribution is -1.98. The monoisotopic (exact) mass is 301 g/mol. The van der Waals surface area contributed by atoms with Crippen LogP contribution in [0.3, 0.4) is 0 Å². The SMILES string of the molecule is CCCNc1nc(-c2cnc(-c3ccccc3)s2)cs1. The third kappa shape index (κ3) is 2.89. The van der Waals surface area contributed by atoms with Gasteiger partial charge in [-0.25, -0.2) is 9.97 Å². The number of rotatable bonds is 5. The molecule has 0 fully saturated rings. The van der Waals surface area contributed by atoms with Gasteiger partial charge in [0, 0.05) is 23.7 Å². The van der Waals surface area contributed by atoms with E-state index in [2.05, 4.69) is 39.7 Å². The molecule has 0 unspecified atom stereocenters. The third-order valence-corrected chi connectivity index (χ3v) is 4.68. The Bertz CT molecular complexity index is 673. The van der Waals surface area contributed by atoms with Gasteiger partial charge in [0.05, 0.1) is 10.6 Å². The highest BCUT2D eigenvalue weighted by Gasteiger charge is 2.09. The van der Waals surface area contributed by atoms with Gasteiger partial charge in [0.2, 0.25) is 0 Å². The van der Waals surface area contributed by atoms with Crippen molar-refractivity contribution in [2.24, 2.45) is 0 Å². The maximum absolute atomic E-state index is 4.60. The van der Waals surface area contributed by atoms with E-state index in [1.165, 1.54) is 0 Å². The highest BCUT2D eigenvalue weighted by molar-refractivity contribution is 7.19. The summed E-state index contributed by atoms with van der Waals surface area (Å²) in [4.78, 5) is 10.2. The summed E-state index contributed by atoms with van der Waals surface area (Å²) in [6.07, 6.45) is 3.01. The number of thiazole rings is 2. The molecule has 1 N–H and O–H groups in total. The van der Waals surface area contributed by atoms with Crippen LogP contribution in [-0.4, -0.2) is 16.5 Å². The zero-order valence-corrected chi connectivity index (χ0v) is 12.8. The summed E-state index contributed by atoms with van der Waals surface area (Å²) in [5.74, 6) is 0. The van der Waals surface area contributed by atoms with Gasteiger partial charge in [0.1, 0.15) is 5.01 Å². The number of aromatic nitrogens is 2. The molecule has 2 heterocycles. The van der Waals surface area contributed by atoms with Crippen LogP contribution < -0.4 is 5.32 Å². The van der Waals surface area contributed by atoms with E-state index in [1.54, 1.807) is 22.7 Å². The Morgan fingerprint density at radius 1 is 1.20 bits per heavy atom. The molecule has 0 aliphatic rings. The van der Waals surface area contributed by atoms with E-state index < -0.39 is 0 Å². The van der Waals surface area contributed by atoms with E-state index in [4.69, 9.17) is 0 Å². The van der Waals surface area contributed by atoms with Crippen LogP contribution in [0.5, 0.6) is 0 Å². The molecule has 3 nitrogen and oxygen atoms in total. The van der Waals surface area contributed by atoms with E-state index in [9.17, 15) is 0 Å². The second-order valence-electron chi connectivity index (χ2n) is 4.36. The second-order valence-corrected chi connectivity index (χ2v) is 6.25. The molecule has 5 heteroatoms. The number of anilines is 1. The maximum Gasteiger partial charge on any atom is 0.183 e. The molecule has 0 radical (unpaired) electrons. The van der Waals surface area contributed by atoms with Crippen LogP contribution in [0.2, 0.25) is 0 Å². The molecule has 0 saturated carbocycles. The number of nitrogens with zero attached hydrogens (tertiary/aromatic N) is 2. The zero-order valence-electron chi connectivity index (χ0n) is 11.2. The number of hydrogen-bond acceptors (Lipinski definition) is 5. The number of nitrogens with one attached hydrogen (secondary N) is 1. The van der Waals surface area contributed by atoms with Gasteiger partial charge in [-0.3, -0.25) is 0 Å². The van der Waals surface area contributed by atoms with Crippen LogP contribution in [0.15, 0.2) is 41.9 Å². The smallest absolute Gasteiger partial charge is 0.183 e. The van der Waals surface area contributed by atoms with Crippen LogP contribution >= 0.6 is 22.7 Å². The minimum absolute atomic E-state index is 0.963. The molecule has 0 spiro atoms. The Labute approximate surface area is 126 Å². The number of hydrogen-bond donors (Lipinski definition) is 1. The van der Waals surface area contributed by atoms with Gasteiger partial charge in [-0.1, -0.05) is 37.3 Å². The van der Waals surface area contributed by atoms with Gasteiger partial charge in [0.25, 0.3) is 0 Å². The molecule has 0 atom stereocenters. The molecule has 20 heavy (non-hydrogen) atoms. The molecule has 0 aliphatic carbocycles. The van der Waals surface area contributed by atoms with E-state index >= 15 is 0 Å². The molecule has 2 aromatic heterocycles. The van der Waals surface area contributed by atoms with Crippen LogP contribution in [0, 0.1) is 0 Å². The molecule has 0 aliphatic heterocycles.